The van der Waals surface area contributed by atoms with Gasteiger partial charge in [0.15, 0.2) is 0 Å². The Balaban J connectivity index is 1.67. The van der Waals surface area contributed by atoms with E-state index in [1.54, 1.807) is 27.0 Å². The van der Waals surface area contributed by atoms with Gasteiger partial charge in [-0.2, -0.15) is 0 Å². The molecule has 146 valence electrons. The number of anilines is 1. The third-order valence-corrected chi connectivity index (χ3v) is 5.95. The van der Waals surface area contributed by atoms with E-state index in [0.717, 1.165) is 24.2 Å². The molecule has 2 aliphatic heterocycles. The molecule has 2 amide bonds. The van der Waals surface area contributed by atoms with E-state index in [2.05, 4.69) is 14.9 Å². The van der Waals surface area contributed by atoms with Crippen LogP contribution in [0.1, 0.15) is 58.4 Å². The largest absolute Gasteiger partial charge is 0.443 e. The number of likely N-dealkylation sites (tertiary alicyclic amines) is 1. The third-order valence-electron chi connectivity index (χ3n) is 5.76. The van der Waals surface area contributed by atoms with Gasteiger partial charge in [0.2, 0.25) is 11.2 Å². The molecule has 0 aromatic carbocycles. The topological polar surface area (TPSA) is 75.6 Å². The Morgan fingerprint density at radius 3 is 2.70 bits per heavy atom. The van der Waals surface area contributed by atoms with Crippen LogP contribution in [0.25, 0.3) is 0 Å². The van der Waals surface area contributed by atoms with Crippen molar-refractivity contribution in [2.45, 2.75) is 69.9 Å². The van der Waals surface area contributed by atoms with E-state index in [0.29, 0.717) is 25.6 Å². The van der Waals surface area contributed by atoms with E-state index >= 15 is 0 Å². The lowest BCUT2D eigenvalue weighted by Gasteiger charge is -2.29. The molecule has 2 fully saturated rings. The highest BCUT2D eigenvalue weighted by atomic mass is 35.5. The molecule has 1 saturated carbocycles. The van der Waals surface area contributed by atoms with E-state index in [1.807, 2.05) is 0 Å². The quantitative estimate of drug-likeness (QED) is 0.682. The molecule has 0 N–H and O–H groups in total. The first-order chi connectivity index (χ1) is 12.7. The van der Waals surface area contributed by atoms with Crippen LogP contribution in [-0.4, -0.2) is 51.6 Å². The maximum Gasteiger partial charge on any atom is 0.417 e. The Hall–Kier alpha value is -1.89. The van der Waals surface area contributed by atoms with Crippen LogP contribution in [-0.2, 0) is 14.9 Å². The number of carbonyl (C=O) groups excluding carboxylic acids is 2. The summed E-state index contributed by atoms with van der Waals surface area (Å²) in [7, 11) is 0. The number of amides is 2. The molecule has 8 heteroatoms. The number of halogens is 1. The predicted octanol–water partition coefficient (Wildman–Crippen LogP) is 3.30. The minimum Gasteiger partial charge on any atom is -0.443 e. The number of aromatic nitrogens is 2. The smallest absolute Gasteiger partial charge is 0.417 e. The van der Waals surface area contributed by atoms with E-state index in [-0.39, 0.29) is 11.2 Å². The molecule has 3 heterocycles. The highest BCUT2D eigenvalue weighted by Crippen LogP contribution is 2.48. The Kier molecular flexibility index (Phi) is 4.33. The van der Waals surface area contributed by atoms with Gasteiger partial charge in [-0.05, 0) is 51.6 Å². The number of ether oxygens (including phenoxy) is 1. The Bertz CT molecular complexity index is 788. The summed E-state index contributed by atoms with van der Waals surface area (Å²) in [5.74, 6) is 0.533. The van der Waals surface area contributed by atoms with Crippen molar-refractivity contribution in [1.29, 1.82) is 0 Å². The second-order valence-electron chi connectivity index (χ2n) is 8.71. The summed E-state index contributed by atoms with van der Waals surface area (Å²) in [6.07, 6.45) is 6.16. The van der Waals surface area contributed by atoms with Crippen molar-refractivity contribution in [2.75, 3.05) is 18.0 Å². The first-order valence-corrected chi connectivity index (χ1v) is 9.94. The molecule has 1 atom stereocenters. The van der Waals surface area contributed by atoms with Crippen molar-refractivity contribution in [3.8, 4) is 0 Å². The molecule has 1 saturated heterocycles. The summed E-state index contributed by atoms with van der Waals surface area (Å²) >= 11 is 6.06. The zero-order valence-electron chi connectivity index (χ0n) is 16.0. The van der Waals surface area contributed by atoms with Gasteiger partial charge in [0, 0.05) is 30.9 Å². The van der Waals surface area contributed by atoms with Gasteiger partial charge >= 0.3 is 6.09 Å². The summed E-state index contributed by atoms with van der Waals surface area (Å²) in [5, 5.41) is 0.184. The van der Waals surface area contributed by atoms with E-state index < -0.39 is 17.1 Å². The van der Waals surface area contributed by atoms with Crippen molar-refractivity contribution >= 4 is 29.4 Å². The number of fused-ring (bicyclic) bond motifs is 2. The van der Waals surface area contributed by atoms with Gasteiger partial charge in [-0.1, -0.05) is 12.8 Å². The van der Waals surface area contributed by atoms with Crippen molar-refractivity contribution in [3.05, 3.63) is 17.0 Å². The lowest BCUT2D eigenvalue weighted by atomic mass is 9.82. The second kappa shape index (κ2) is 6.33. The fourth-order valence-corrected chi connectivity index (χ4v) is 4.66. The molecule has 1 aliphatic carbocycles. The van der Waals surface area contributed by atoms with Crippen LogP contribution in [0.4, 0.5) is 10.6 Å². The molecular formula is C19H25ClN4O3. The normalized spacial score (nSPS) is 25.6. The third kappa shape index (κ3) is 3.06. The maximum atomic E-state index is 13.4. The van der Waals surface area contributed by atoms with Gasteiger partial charge in [-0.3, -0.25) is 4.79 Å². The van der Waals surface area contributed by atoms with Gasteiger partial charge in [-0.25, -0.2) is 19.7 Å². The van der Waals surface area contributed by atoms with Gasteiger partial charge < -0.3 is 9.64 Å². The summed E-state index contributed by atoms with van der Waals surface area (Å²) in [6, 6.07) is 0.359. The fourth-order valence-electron chi connectivity index (χ4n) is 4.53. The Labute approximate surface area is 164 Å². The Morgan fingerprint density at radius 2 is 2.04 bits per heavy atom. The van der Waals surface area contributed by atoms with Crippen LogP contribution in [0.2, 0.25) is 5.28 Å². The van der Waals surface area contributed by atoms with Gasteiger partial charge in [0.25, 0.3) is 0 Å². The van der Waals surface area contributed by atoms with E-state index in [9.17, 15) is 9.59 Å². The predicted molar refractivity (Wildman–Crippen MR) is 101 cm³/mol. The molecular weight excluding hydrogens is 368 g/mol. The first-order valence-electron chi connectivity index (χ1n) is 9.56. The van der Waals surface area contributed by atoms with Gasteiger partial charge in [-0.15, -0.1) is 0 Å². The van der Waals surface area contributed by atoms with Crippen LogP contribution in [0.3, 0.4) is 0 Å². The minimum absolute atomic E-state index is 0.184. The van der Waals surface area contributed by atoms with Crippen LogP contribution in [0.5, 0.6) is 0 Å². The molecule has 1 unspecified atom stereocenters. The van der Waals surface area contributed by atoms with Crippen molar-refractivity contribution in [2.24, 2.45) is 0 Å². The van der Waals surface area contributed by atoms with Gasteiger partial charge in [0.05, 0.1) is 5.41 Å². The van der Waals surface area contributed by atoms with Crippen LogP contribution < -0.4 is 4.90 Å². The standard InChI is InChI=1S/C19H25ClN4O3/c1-18(2,3)27-17(26)23-9-8-19(15(23)25)11-24(12-6-4-5-7-12)14-13(19)10-21-16(20)22-14/h10,12H,4-9,11H2,1-3H3. The average Bonchev–Trinajstić information content (AvgIpc) is 3.26. The SMILES string of the molecule is CC(C)(C)OC(=O)N1CCC2(CN(C3CCCC3)c3nc(Cl)ncc32)C1=O. The monoisotopic (exact) mass is 392 g/mol. The van der Waals surface area contributed by atoms with E-state index in [4.69, 9.17) is 16.3 Å². The summed E-state index contributed by atoms with van der Waals surface area (Å²) in [6.45, 7) is 6.26. The number of carbonyl (C=O) groups is 2. The molecule has 27 heavy (non-hydrogen) atoms. The average molecular weight is 393 g/mol. The number of hydrogen-bond donors (Lipinski definition) is 0. The number of nitrogens with zero attached hydrogens (tertiary/aromatic N) is 4. The van der Waals surface area contributed by atoms with E-state index in [1.165, 1.54) is 17.7 Å². The summed E-state index contributed by atoms with van der Waals surface area (Å²) < 4.78 is 5.43. The lowest BCUT2D eigenvalue weighted by molar-refractivity contribution is -0.131. The van der Waals surface area contributed by atoms with Crippen LogP contribution in [0.15, 0.2) is 6.20 Å². The fraction of sp³-hybridized carbons (Fsp3) is 0.684. The lowest BCUT2D eigenvalue weighted by Crippen LogP contribution is -2.46. The molecule has 1 aromatic heterocycles. The second-order valence-corrected chi connectivity index (χ2v) is 9.05. The van der Waals surface area contributed by atoms with Crippen molar-refractivity contribution in [1.82, 2.24) is 14.9 Å². The molecule has 0 bridgehead atoms. The highest BCUT2D eigenvalue weighted by Gasteiger charge is 2.57. The van der Waals surface area contributed by atoms with Crippen LogP contribution in [0, 0.1) is 0 Å². The molecule has 7 nitrogen and oxygen atoms in total. The zero-order valence-corrected chi connectivity index (χ0v) is 16.8. The minimum atomic E-state index is -0.792. The van der Waals surface area contributed by atoms with Crippen molar-refractivity contribution in [3.63, 3.8) is 0 Å². The first kappa shape index (κ1) is 18.5. The molecule has 3 aliphatic rings. The Morgan fingerprint density at radius 1 is 1.33 bits per heavy atom. The van der Waals surface area contributed by atoms with Crippen LogP contribution >= 0.6 is 11.6 Å². The highest BCUT2D eigenvalue weighted by molar-refractivity contribution is 6.28. The molecule has 4 rings (SSSR count). The molecule has 0 radical (unpaired) electrons. The summed E-state index contributed by atoms with van der Waals surface area (Å²) in [5.41, 5.74) is -0.651. The molecule has 1 aromatic rings. The van der Waals surface area contributed by atoms with Crippen molar-refractivity contribution < 1.29 is 14.3 Å². The zero-order chi connectivity index (χ0) is 19.4. The number of rotatable bonds is 1. The number of imide groups is 1. The molecule has 1 spiro atoms. The number of hydrogen-bond acceptors (Lipinski definition) is 6. The van der Waals surface area contributed by atoms with Gasteiger partial charge in [0.1, 0.15) is 11.4 Å². The summed E-state index contributed by atoms with van der Waals surface area (Å²) in [4.78, 5) is 38.0. The maximum absolute atomic E-state index is 13.4.